The van der Waals surface area contributed by atoms with Gasteiger partial charge in [0, 0.05) is 32.0 Å². The van der Waals surface area contributed by atoms with E-state index in [1.165, 1.54) is 5.71 Å². The monoisotopic (exact) mass is 390 g/mol. The molecule has 0 radical (unpaired) electrons. The van der Waals surface area contributed by atoms with Crippen molar-refractivity contribution in [3.63, 3.8) is 0 Å². The minimum atomic E-state index is 0.319. The van der Waals surface area contributed by atoms with E-state index in [9.17, 15) is 0 Å². The number of nitrogens with zero attached hydrogens (tertiary/aromatic N) is 3. The van der Waals surface area contributed by atoms with Crippen LogP contribution in [0.2, 0.25) is 0 Å². The molecule has 0 aliphatic carbocycles. The fourth-order valence-corrected chi connectivity index (χ4v) is 2.40. The summed E-state index contributed by atoms with van der Waals surface area (Å²) in [5.74, 6) is 4.40. The van der Waals surface area contributed by atoms with Crippen LogP contribution in [0.25, 0.3) is 0 Å². The van der Waals surface area contributed by atoms with Crippen molar-refractivity contribution in [2.75, 3.05) is 6.54 Å². The second-order valence-corrected chi connectivity index (χ2v) is 7.02. The maximum absolute atomic E-state index is 5.11. The van der Waals surface area contributed by atoms with Crippen LogP contribution in [-0.4, -0.2) is 35.3 Å². The molecule has 0 fully saturated rings. The zero-order chi connectivity index (χ0) is 21.1. The highest BCUT2D eigenvalue weighted by Gasteiger charge is 2.08. The number of nitrogens with one attached hydrogen (secondary N) is 1. The minimum absolute atomic E-state index is 0.319. The zero-order valence-electron chi connectivity index (χ0n) is 18.4. The summed E-state index contributed by atoms with van der Waals surface area (Å²) in [5, 5.41) is 3.98. The first-order chi connectivity index (χ1) is 13.2. The van der Waals surface area contributed by atoms with Gasteiger partial charge in [0.2, 0.25) is 0 Å². The Morgan fingerprint density at radius 1 is 0.929 bits per heavy atom. The molecule has 0 aromatic carbocycles. The van der Waals surface area contributed by atoms with E-state index in [2.05, 4.69) is 27.4 Å². The van der Waals surface area contributed by atoms with Gasteiger partial charge in [0.05, 0.1) is 12.7 Å². The smallest absolute Gasteiger partial charge is 0.191 e. The number of furan rings is 1. The Bertz CT molecular complexity index is 664. The van der Waals surface area contributed by atoms with E-state index in [1.807, 2.05) is 60.6 Å². The van der Waals surface area contributed by atoms with Gasteiger partial charge in [-0.25, -0.2) is 4.98 Å². The van der Waals surface area contributed by atoms with E-state index in [1.54, 1.807) is 6.20 Å². The molecule has 0 saturated heterocycles. The molecule has 0 bridgehead atoms. The van der Waals surface area contributed by atoms with Crippen LogP contribution in [0.3, 0.4) is 0 Å². The highest BCUT2D eigenvalue weighted by Crippen LogP contribution is 2.02. The van der Waals surface area contributed by atoms with Gasteiger partial charge in [0.15, 0.2) is 11.8 Å². The summed E-state index contributed by atoms with van der Waals surface area (Å²) < 4.78 is 15.2. The van der Waals surface area contributed by atoms with Crippen LogP contribution in [0.15, 0.2) is 37.3 Å². The molecule has 1 N–H and O–H groups in total. The summed E-state index contributed by atoms with van der Waals surface area (Å²) in [6, 6.07) is 4.48. The van der Waals surface area contributed by atoms with E-state index >= 15 is 0 Å². The van der Waals surface area contributed by atoms with E-state index in [4.69, 9.17) is 13.6 Å². The molecule has 4 rings (SSSR count). The molecule has 28 heavy (non-hydrogen) atoms. The molecule has 0 saturated carbocycles. The van der Waals surface area contributed by atoms with Gasteiger partial charge in [-0.2, -0.15) is 5.10 Å². The maximum Gasteiger partial charge on any atom is 0.191 e. The van der Waals surface area contributed by atoms with Crippen molar-refractivity contribution >= 4 is 11.6 Å². The van der Waals surface area contributed by atoms with Crippen molar-refractivity contribution in [3.05, 3.63) is 41.5 Å². The second kappa shape index (κ2) is 12.0. The molecule has 156 valence electrons. The van der Waals surface area contributed by atoms with Crippen molar-refractivity contribution in [3.8, 4) is 0 Å². The van der Waals surface area contributed by atoms with Crippen LogP contribution < -0.4 is 5.43 Å². The molecule has 4 heterocycles. The molecule has 2 aromatic heterocycles. The Morgan fingerprint density at radius 3 is 1.71 bits per heavy atom. The maximum atomic E-state index is 5.11. The van der Waals surface area contributed by atoms with Crippen molar-refractivity contribution in [1.82, 2.24) is 10.4 Å². The van der Waals surface area contributed by atoms with E-state index in [-0.39, 0.29) is 0 Å². The van der Waals surface area contributed by atoms with Crippen molar-refractivity contribution < 1.29 is 13.6 Å². The normalized spacial score (nSPS) is 19.4. The summed E-state index contributed by atoms with van der Waals surface area (Å²) in [7, 11) is 0. The van der Waals surface area contributed by atoms with Crippen molar-refractivity contribution in [1.29, 1.82) is 0 Å². The van der Waals surface area contributed by atoms with Crippen LogP contribution >= 0.6 is 0 Å². The number of hydrogen-bond acceptors (Lipinski definition) is 7. The average Bonchev–Trinajstić information content (AvgIpc) is 3.37. The third-order valence-corrected chi connectivity index (χ3v) is 3.63. The van der Waals surface area contributed by atoms with Gasteiger partial charge in [-0.1, -0.05) is 0 Å². The Kier molecular flexibility index (Phi) is 10.1. The molecule has 7 nitrogen and oxygen atoms in total. The van der Waals surface area contributed by atoms with E-state index < -0.39 is 0 Å². The minimum Gasteiger partial charge on any atom is -0.476 e. The summed E-state index contributed by atoms with van der Waals surface area (Å²) in [6.07, 6.45) is 3.13. The Morgan fingerprint density at radius 2 is 1.57 bits per heavy atom. The number of rotatable bonds is 0. The lowest BCUT2D eigenvalue weighted by Gasteiger charge is -1.98. The third kappa shape index (κ3) is 10.5. The Labute approximate surface area is 168 Å². The number of ether oxygens (including phenoxy) is 1. The van der Waals surface area contributed by atoms with Gasteiger partial charge in [-0.3, -0.25) is 4.99 Å². The molecule has 7 heteroatoms. The van der Waals surface area contributed by atoms with Gasteiger partial charge in [0.25, 0.3) is 0 Å². The predicted octanol–water partition coefficient (Wildman–Crippen LogP) is 4.76. The van der Waals surface area contributed by atoms with Crippen LogP contribution in [0.5, 0.6) is 0 Å². The third-order valence-electron chi connectivity index (χ3n) is 3.63. The largest absolute Gasteiger partial charge is 0.476 e. The molecule has 2 aliphatic rings. The molecular weight excluding hydrogens is 356 g/mol. The Hall–Kier alpha value is -2.57. The lowest BCUT2D eigenvalue weighted by molar-refractivity contribution is 0.244. The summed E-state index contributed by atoms with van der Waals surface area (Å²) in [5.41, 5.74) is 4.17. The summed E-state index contributed by atoms with van der Waals surface area (Å²) in [6.45, 7) is 16.5. The molecule has 2 aromatic rings. The SMILES string of the molecule is CC1=NCC(C)O1.CC1=NNC(C)C1.Cc1ccc(C)o1.Cc1cnc(C)o1. The fourth-order valence-electron chi connectivity index (χ4n) is 2.40. The standard InChI is InChI=1S/C6H8O.C5H10N2.C5H9NO.C5H7NO/c1-5-3-4-6(2)7-5;1-4-3-5(2)7-6-4;2*1-4-3-6-5(2)7-4/h3-4H,1-2H3;4,6H,3H2,1-2H3;4H,3H2,1-2H3;3H,1-2H3. The lowest BCUT2D eigenvalue weighted by Crippen LogP contribution is -2.13. The first-order valence-corrected chi connectivity index (χ1v) is 9.54. The number of aliphatic imine (C=N–C) groups is 1. The highest BCUT2D eigenvalue weighted by molar-refractivity contribution is 5.83. The fraction of sp³-hybridized carbons (Fsp3) is 0.571. The number of hydrazone groups is 1. The highest BCUT2D eigenvalue weighted by atomic mass is 16.5. The Balaban J connectivity index is 0.000000187. The van der Waals surface area contributed by atoms with E-state index in [0.29, 0.717) is 12.1 Å². The first kappa shape index (κ1) is 23.5. The quantitative estimate of drug-likeness (QED) is 0.701. The molecule has 2 atom stereocenters. The van der Waals surface area contributed by atoms with Gasteiger partial charge in [0.1, 0.15) is 23.4 Å². The number of aryl methyl sites for hydroxylation is 4. The van der Waals surface area contributed by atoms with E-state index in [0.717, 1.165) is 42.0 Å². The lowest BCUT2D eigenvalue weighted by atomic mass is 10.2. The number of hydrogen-bond donors (Lipinski definition) is 1. The van der Waals surface area contributed by atoms with Gasteiger partial charge >= 0.3 is 0 Å². The molecule has 0 spiro atoms. The number of oxazole rings is 1. The molecule has 2 aliphatic heterocycles. The summed E-state index contributed by atoms with van der Waals surface area (Å²) in [4.78, 5) is 7.86. The first-order valence-electron chi connectivity index (χ1n) is 9.54. The van der Waals surface area contributed by atoms with Gasteiger partial charge in [-0.05, 0) is 53.7 Å². The second-order valence-electron chi connectivity index (χ2n) is 7.02. The van der Waals surface area contributed by atoms with Crippen molar-refractivity contribution in [2.24, 2.45) is 10.1 Å². The van der Waals surface area contributed by atoms with Crippen LogP contribution in [0.4, 0.5) is 0 Å². The number of aromatic nitrogens is 1. The zero-order valence-corrected chi connectivity index (χ0v) is 18.4. The van der Waals surface area contributed by atoms with Gasteiger partial charge < -0.3 is 19.0 Å². The predicted molar refractivity (Wildman–Crippen MR) is 113 cm³/mol. The van der Waals surface area contributed by atoms with Crippen LogP contribution in [-0.2, 0) is 4.74 Å². The van der Waals surface area contributed by atoms with Crippen molar-refractivity contribution in [2.45, 2.75) is 74.0 Å². The van der Waals surface area contributed by atoms with Gasteiger partial charge in [-0.15, -0.1) is 0 Å². The molecular formula is C21H34N4O3. The molecule has 2 unspecified atom stereocenters. The topological polar surface area (TPSA) is 85.2 Å². The molecule has 0 amide bonds. The van der Waals surface area contributed by atoms with Crippen LogP contribution in [0.1, 0.15) is 57.3 Å². The van der Waals surface area contributed by atoms with Crippen LogP contribution in [0, 0.1) is 27.7 Å². The summed E-state index contributed by atoms with van der Waals surface area (Å²) >= 11 is 0. The average molecular weight is 391 g/mol.